The molecule has 2 nitrogen and oxygen atoms in total. The lowest BCUT2D eigenvalue weighted by molar-refractivity contribution is 0.0697. The number of carboxylic acids is 1. The molecule has 0 heterocycles. The lowest BCUT2D eigenvalue weighted by Crippen LogP contribution is -2.05. The van der Waals surface area contributed by atoms with Crippen molar-refractivity contribution in [1.82, 2.24) is 0 Å². The highest BCUT2D eigenvalue weighted by Gasteiger charge is 2.07. The molecule has 1 rings (SSSR count). The van der Waals surface area contributed by atoms with Crippen molar-refractivity contribution < 1.29 is 9.90 Å². The van der Waals surface area contributed by atoms with Gasteiger partial charge in [0, 0.05) is 0 Å². The fraction of sp³-hybridized carbons (Fsp3) is 0.364. The minimum absolute atomic E-state index is 0. The van der Waals surface area contributed by atoms with Gasteiger partial charge >= 0.3 is 5.97 Å². The lowest BCUT2D eigenvalue weighted by Gasteiger charge is -2.13. The van der Waals surface area contributed by atoms with E-state index in [9.17, 15) is 4.79 Å². The molecule has 0 aliphatic heterocycles. The van der Waals surface area contributed by atoms with E-state index < -0.39 is 5.97 Å². The topological polar surface area (TPSA) is 37.3 Å². The maximum absolute atomic E-state index is 10.6. The van der Waals surface area contributed by atoms with Gasteiger partial charge in [0.2, 0.25) is 0 Å². The van der Waals surface area contributed by atoms with E-state index in [0.29, 0.717) is 5.56 Å². The van der Waals surface area contributed by atoms with Crippen molar-refractivity contribution in [2.75, 3.05) is 12.3 Å². The first-order valence-corrected chi connectivity index (χ1v) is 6.48. The number of carboxylic acid groups (broad SMARTS) is 1. The third-order valence-electron chi connectivity index (χ3n) is 2.24. The summed E-state index contributed by atoms with van der Waals surface area (Å²) in [5.41, 5.74) is 0.371. The minimum Gasteiger partial charge on any atom is -0.478 e. The Morgan fingerprint density at radius 3 is 2.00 bits per heavy atom. The first-order chi connectivity index (χ1) is 6.69. The molecule has 1 aromatic rings. The summed E-state index contributed by atoms with van der Waals surface area (Å²) in [5, 5.41) is 10.0. The molecule has 0 saturated carbocycles. The predicted octanol–water partition coefficient (Wildman–Crippen LogP) is 3.11. The van der Waals surface area contributed by atoms with Gasteiger partial charge in [-0.25, -0.2) is 4.79 Å². The monoisotopic (exact) mass is 290 g/mol. The molecule has 4 heteroatoms. The van der Waals surface area contributed by atoms with Gasteiger partial charge in [0.15, 0.2) is 0 Å². The number of hydrogen-bond donors (Lipinski definition) is 1. The third-order valence-corrected chi connectivity index (χ3v) is 4.80. The molecular weight excluding hydrogens is 275 g/mol. The summed E-state index contributed by atoms with van der Waals surface area (Å²) in [7, 11) is -0.0759. The Morgan fingerprint density at radius 2 is 1.67 bits per heavy atom. The van der Waals surface area contributed by atoms with E-state index in [-0.39, 0.29) is 24.9 Å². The average molecular weight is 291 g/mol. The van der Waals surface area contributed by atoms with E-state index >= 15 is 0 Å². The van der Waals surface area contributed by atoms with Crippen LogP contribution in [0, 0.1) is 0 Å². The van der Waals surface area contributed by atoms with Gasteiger partial charge in [-0.1, -0.05) is 33.9 Å². The van der Waals surface area contributed by atoms with Crippen LogP contribution in [-0.2, 0) is 0 Å². The SMILES string of the molecule is Br.CCP(CC)c1ccc(C(=O)O)cc1. The Labute approximate surface area is 102 Å². The summed E-state index contributed by atoms with van der Waals surface area (Å²) in [6.45, 7) is 4.36. The van der Waals surface area contributed by atoms with E-state index in [2.05, 4.69) is 13.8 Å². The number of hydrogen-bond acceptors (Lipinski definition) is 1. The molecule has 0 atom stereocenters. The molecule has 0 aliphatic carbocycles. The molecule has 15 heavy (non-hydrogen) atoms. The summed E-state index contributed by atoms with van der Waals surface area (Å²) in [6.07, 6.45) is 2.33. The van der Waals surface area contributed by atoms with Crippen LogP contribution in [0.15, 0.2) is 24.3 Å². The third kappa shape index (κ3) is 3.92. The molecular formula is C11H16BrO2P. The molecule has 0 saturated heterocycles. The first-order valence-electron chi connectivity index (χ1n) is 4.77. The molecule has 0 radical (unpaired) electrons. The van der Waals surface area contributed by atoms with Gasteiger partial charge in [-0.3, -0.25) is 0 Å². The number of aromatic carboxylic acids is 1. The van der Waals surface area contributed by atoms with Gasteiger partial charge in [-0.15, -0.1) is 17.0 Å². The first kappa shape index (κ1) is 14.6. The van der Waals surface area contributed by atoms with E-state index in [1.807, 2.05) is 12.1 Å². The van der Waals surface area contributed by atoms with Crippen molar-refractivity contribution in [3.63, 3.8) is 0 Å². The fourth-order valence-corrected chi connectivity index (χ4v) is 3.15. The second-order valence-electron chi connectivity index (χ2n) is 3.02. The molecule has 1 N–H and O–H groups in total. The normalized spacial score (nSPS) is 9.80. The summed E-state index contributed by atoms with van der Waals surface area (Å²) in [5.74, 6) is -0.853. The van der Waals surface area contributed by atoms with Gasteiger partial charge in [0.05, 0.1) is 5.56 Å². The van der Waals surface area contributed by atoms with Crippen molar-refractivity contribution in [2.45, 2.75) is 13.8 Å². The van der Waals surface area contributed by atoms with Crippen LogP contribution in [0.2, 0.25) is 0 Å². The molecule has 0 aliphatic rings. The number of rotatable bonds is 4. The summed E-state index contributed by atoms with van der Waals surface area (Å²) < 4.78 is 0. The summed E-state index contributed by atoms with van der Waals surface area (Å²) in [6, 6.07) is 7.28. The second-order valence-corrected chi connectivity index (χ2v) is 5.89. The van der Waals surface area contributed by atoms with Crippen molar-refractivity contribution in [1.29, 1.82) is 0 Å². The van der Waals surface area contributed by atoms with Crippen LogP contribution in [0.25, 0.3) is 0 Å². The number of halogens is 1. The second kappa shape index (κ2) is 6.97. The standard InChI is InChI=1S/C11H15O2P.BrH/c1-3-14(4-2)10-7-5-9(6-8-10)11(12)13;/h5-8H,3-4H2,1-2H3,(H,12,13);1H. The van der Waals surface area contributed by atoms with E-state index in [1.54, 1.807) is 12.1 Å². The van der Waals surface area contributed by atoms with Gasteiger partial charge in [-0.2, -0.15) is 0 Å². The highest BCUT2D eigenvalue weighted by atomic mass is 79.9. The van der Waals surface area contributed by atoms with Crippen molar-refractivity contribution in [2.24, 2.45) is 0 Å². The molecule has 0 aromatic heterocycles. The Morgan fingerprint density at radius 1 is 1.20 bits per heavy atom. The maximum Gasteiger partial charge on any atom is 0.335 e. The van der Waals surface area contributed by atoms with Gasteiger partial charge < -0.3 is 5.11 Å². The molecule has 0 bridgehead atoms. The fourth-order valence-electron chi connectivity index (χ4n) is 1.40. The molecule has 84 valence electrons. The highest BCUT2D eigenvalue weighted by Crippen LogP contribution is 2.32. The van der Waals surface area contributed by atoms with Crippen LogP contribution in [0.3, 0.4) is 0 Å². The van der Waals surface area contributed by atoms with Gasteiger partial charge in [-0.05, 0) is 29.8 Å². The number of carbonyl (C=O) groups is 1. The Kier molecular flexibility index (Phi) is 6.78. The summed E-state index contributed by atoms with van der Waals surface area (Å²) >= 11 is 0. The van der Waals surface area contributed by atoms with Crippen LogP contribution in [0.4, 0.5) is 0 Å². The quantitative estimate of drug-likeness (QED) is 0.865. The molecule has 0 spiro atoms. The van der Waals surface area contributed by atoms with Crippen molar-refractivity contribution in [3.05, 3.63) is 29.8 Å². The number of benzene rings is 1. The molecule has 0 amide bonds. The maximum atomic E-state index is 10.6. The molecule has 1 aromatic carbocycles. The molecule has 0 unspecified atom stereocenters. The minimum atomic E-state index is -0.853. The van der Waals surface area contributed by atoms with Crippen LogP contribution >= 0.6 is 24.9 Å². The highest BCUT2D eigenvalue weighted by molar-refractivity contribution is 8.93. The zero-order valence-corrected chi connectivity index (χ0v) is 11.5. The van der Waals surface area contributed by atoms with E-state index in [4.69, 9.17) is 5.11 Å². The Hall–Kier alpha value is -0.400. The smallest absolute Gasteiger partial charge is 0.335 e. The van der Waals surface area contributed by atoms with Crippen LogP contribution < -0.4 is 5.30 Å². The van der Waals surface area contributed by atoms with Crippen molar-refractivity contribution in [3.8, 4) is 0 Å². The zero-order chi connectivity index (χ0) is 10.6. The average Bonchev–Trinajstić information content (AvgIpc) is 2.20. The molecule has 0 fully saturated rings. The van der Waals surface area contributed by atoms with Crippen LogP contribution in [0.1, 0.15) is 24.2 Å². The van der Waals surface area contributed by atoms with Crippen LogP contribution in [-0.4, -0.2) is 23.4 Å². The predicted molar refractivity (Wildman–Crippen MR) is 71.4 cm³/mol. The van der Waals surface area contributed by atoms with Crippen LogP contribution in [0.5, 0.6) is 0 Å². The lowest BCUT2D eigenvalue weighted by atomic mass is 10.2. The zero-order valence-electron chi connectivity index (χ0n) is 8.93. The largest absolute Gasteiger partial charge is 0.478 e. The summed E-state index contributed by atoms with van der Waals surface area (Å²) in [4.78, 5) is 10.6. The van der Waals surface area contributed by atoms with Gasteiger partial charge in [0.25, 0.3) is 0 Å². The van der Waals surface area contributed by atoms with E-state index in [0.717, 1.165) is 12.3 Å². The van der Waals surface area contributed by atoms with Gasteiger partial charge in [0.1, 0.15) is 0 Å². The Bertz CT molecular complexity index is 307. The Balaban J connectivity index is 0.00000196. The van der Waals surface area contributed by atoms with E-state index in [1.165, 1.54) is 5.30 Å². The van der Waals surface area contributed by atoms with Crippen molar-refractivity contribution >= 4 is 36.2 Å².